The van der Waals surface area contributed by atoms with E-state index < -0.39 is 10.0 Å². The topological polar surface area (TPSA) is 103 Å². The Labute approximate surface area is 203 Å². The van der Waals surface area contributed by atoms with Crippen molar-refractivity contribution >= 4 is 21.6 Å². The molecule has 2 N–H and O–H groups in total. The molecule has 0 radical (unpaired) electrons. The van der Waals surface area contributed by atoms with Crippen LogP contribution in [-0.4, -0.2) is 40.7 Å². The van der Waals surface area contributed by atoms with E-state index in [1.165, 1.54) is 24.3 Å². The zero-order valence-electron chi connectivity index (χ0n) is 18.8. The van der Waals surface area contributed by atoms with E-state index in [2.05, 4.69) is 10.0 Å². The molecule has 0 atom stereocenters. The predicted molar refractivity (Wildman–Crippen MR) is 127 cm³/mol. The summed E-state index contributed by atoms with van der Waals surface area (Å²) in [6.45, 7) is 1.35. The van der Waals surface area contributed by atoms with Crippen LogP contribution in [0, 0.1) is 5.82 Å². The first kappa shape index (κ1) is 24.5. The first-order chi connectivity index (χ1) is 16.9. The van der Waals surface area contributed by atoms with Crippen molar-refractivity contribution in [2.75, 3.05) is 31.1 Å². The van der Waals surface area contributed by atoms with E-state index in [0.717, 1.165) is 11.1 Å². The molecule has 0 saturated carbocycles. The van der Waals surface area contributed by atoms with Gasteiger partial charge in [0.25, 0.3) is 10.0 Å². The predicted octanol–water partition coefficient (Wildman–Crippen LogP) is 3.27. The van der Waals surface area contributed by atoms with Gasteiger partial charge in [0, 0.05) is 12.6 Å². The lowest BCUT2D eigenvalue weighted by Gasteiger charge is -2.19. The molecule has 10 heteroatoms. The molecule has 0 saturated heterocycles. The molecule has 0 fully saturated rings. The van der Waals surface area contributed by atoms with E-state index in [1.54, 1.807) is 42.5 Å². The highest BCUT2D eigenvalue weighted by molar-refractivity contribution is 7.92. The highest BCUT2D eigenvalue weighted by Gasteiger charge is 2.17. The Morgan fingerprint density at radius 3 is 2.34 bits per heavy atom. The number of rotatable bonds is 10. The highest BCUT2D eigenvalue weighted by atomic mass is 32.2. The van der Waals surface area contributed by atoms with Crippen LogP contribution < -0.4 is 19.5 Å². The summed E-state index contributed by atoms with van der Waals surface area (Å²) in [5, 5.41) is 2.75. The highest BCUT2D eigenvalue weighted by Crippen LogP contribution is 2.33. The molecule has 1 aliphatic rings. The lowest BCUT2D eigenvalue weighted by atomic mass is 10.1. The maximum atomic E-state index is 12.9. The summed E-state index contributed by atoms with van der Waals surface area (Å²) in [5.41, 5.74) is 2.02. The smallest absolute Gasteiger partial charge is 0.261 e. The molecule has 0 unspecified atom stereocenters. The van der Waals surface area contributed by atoms with Gasteiger partial charge in [-0.2, -0.15) is 0 Å². The van der Waals surface area contributed by atoms with Crippen molar-refractivity contribution in [2.24, 2.45) is 0 Å². The number of hydrogen-bond acceptors (Lipinski definition) is 6. The summed E-state index contributed by atoms with van der Waals surface area (Å²) in [7, 11) is -3.78. The minimum atomic E-state index is -3.78. The van der Waals surface area contributed by atoms with Gasteiger partial charge in [0.05, 0.1) is 17.2 Å². The normalized spacial score (nSPS) is 12.7. The van der Waals surface area contributed by atoms with Gasteiger partial charge in [-0.05, 0) is 53.9 Å². The second-order valence-electron chi connectivity index (χ2n) is 7.83. The second kappa shape index (κ2) is 11.2. The number of anilines is 1. The van der Waals surface area contributed by atoms with E-state index in [9.17, 15) is 17.6 Å². The fourth-order valence-corrected chi connectivity index (χ4v) is 4.45. The van der Waals surface area contributed by atoms with Crippen molar-refractivity contribution in [3.63, 3.8) is 0 Å². The quantitative estimate of drug-likeness (QED) is 0.443. The van der Waals surface area contributed by atoms with Crippen molar-refractivity contribution < 1.29 is 31.8 Å². The molecule has 1 aliphatic heterocycles. The molecule has 0 aliphatic carbocycles. The number of hydrogen-bond donors (Lipinski definition) is 2. The Kier molecular flexibility index (Phi) is 7.84. The fraction of sp³-hybridized carbons (Fsp3) is 0.240. The Bertz CT molecular complexity index is 1260. The fourth-order valence-electron chi connectivity index (χ4n) is 3.40. The van der Waals surface area contributed by atoms with Crippen LogP contribution in [0.1, 0.15) is 11.1 Å². The standard InChI is InChI=1S/C25H25FN2O6S/c26-20-5-1-19(2-6-20)16-32-17-25(29)27-12-11-18-3-8-22(9-4-18)35(30,31)28-21-7-10-23-24(15-21)34-14-13-33-23/h1-10,15,28H,11-14,16-17H2,(H,27,29). The maximum absolute atomic E-state index is 12.9. The number of carbonyl (C=O) groups is 1. The summed E-state index contributed by atoms with van der Waals surface area (Å²) in [4.78, 5) is 12.0. The molecule has 8 nitrogen and oxygen atoms in total. The van der Waals surface area contributed by atoms with Gasteiger partial charge < -0.3 is 19.5 Å². The van der Waals surface area contributed by atoms with Crippen LogP contribution in [0.4, 0.5) is 10.1 Å². The molecule has 1 heterocycles. The molecule has 184 valence electrons. The monoisotopic (exact) mass is 500 g/mol. The van der Waals surface area contributed by atoms with E-state index in [-0.39, 0.29) is 29.8 Å². The summed E-state index contributed by atoms with van der Waals surface area (Å²) in [6.07, 6.45) is 0.527. The van der Waals surface area contributed by atoms with Crippen LogP contribution in [-0.2, 0) is 32.6 Å². The van der Waals surface area contributed by atoms with Crippen LogP contribution in [0.25, 0.3) is 0 Å². The third-order valence-electron chi connectivity index (χ3n) is 5.18. The molecule has 3 aromatic rings. The lowest BCUT2D eigenvalue weighted by molar-refractivity contribution is -0.126. The molecule has 0 aromatic heterocycles. The van der Waals surface area contributed by atoms with Crippen molar-refractivity contribution in [1.29, 1.82) is 0 Å². The zero-order chi connectivity index (χ0) is 24.7. The van der Waals surface area contributed by atoms with Gasteiger partial charge in [0.2, 0.25) is 5.91 Å². The molecular weight excluding hydrogens is 475 g/mol. The van der Waals surface area contributed by atoms with Gasteiger partial charge in [-0.3, -0.25) is 9.52 Å². The van der Waals surface area contributed by atoms with Crippen molar-refractivity contribution in [3.8, 4) is 11.5 Å². The Hall–Kier alpha value is -3.63. The maximum Gasteiger partial charge on any atom is 0.261 e. The van der Waals surface area contributed by atoms with E-state index in [4.69, 9.17) is 14.2 Å². The largest absolute Gasteiger partial charge is 0.486 e. The Morgan fingerprint density at radius 1 is 0.914 bits per heavy atom. The SMILES string of the molecule is O=C(COCc1ccc(F)cc1)NCCc1ccc(S(=O)(=O)Nc2ccc3c(c2)OCCO3)cc1. The molecule has 0 spiro atoms. The van der Waals surface area contributed by atoms with E-state index >= 15 is 0 Å². The number of benzene rings is 3. The summed E-state index contributed by atoms with van der Waals surface area (Å²) < 4.78 is 57.2. The van der Waals surface area contributed by atoms with Crippen molar-refractivity contribution in [3.05, 3.63) is 83.7 Å². The first-order valence-corrected chi connectivity index (χ1v) is 12.5. The summed E-state index contributed by atoms with van der Waals surface area (Å²) in [5.74, 6) is 0.480. The van der Waals surface area contributed by atoms with Crippen LogP contribution >= 0.6 is 0 Å². The minimum Gasteiger partial charge on any atom is -0.486 e. The number of carbonyl (C=O) groups excluding carboxylic acids is 1. The number of nitrogens with one attached hydrogen (secondary N) is 2. The van der Waals surface area contributed by atoms with Gasteiger partial charge in [0.15, 0.2) is 11.5 Å². The number of sulfonamides is 1. The van der Waals surface area contributed by atoms with Gasteiger partial charge in [-0.15, -0.1) is 0 Å². The number of halogens is 1. The first-order valence-electron chi connectivity index (χ1n) is 11.0. The van der Waals surface area contributed by atoms with Gasteiger partial charge in [-0.1, -0.05) is 24.3 Å². The van der Waals surface area contributed by atoms with Crippen LogP contribution in [0.15, 0.2) is 71.6 Å². The van der Waals surface area contributed by atoms with Gasteiger partial charge in [-0.25, -0.2) is 12.8 Å². The van der Waals surface area contributed by atoms with Gasteiger partial charge in [0.1, 0.15) is 25.6 Å². The second-order valence-corrected chi connectivity index (χ2v) is 9.51. The summed E-state index contributed by atoms with van der Waals surface area (Å²) in [6, 6.07) is 17.2. The zero-order valence-corrected chi connectivity index (χ0v) is 19.6. The lowest BCUT2D eigenvalue weighted by Crippen LogP contribution is -2.29. The van der Waals surface area contributed by atoms with E-state index in [0.29, 0.717) is 43.4 Å². The Balaban J connectivity index is 1.22. The van der Waals surface area contributed by atoms with Crippen LogP contribution in [0.2, 0.25) is 0 Å². The Morgan fingerprint density at radius 2 is 1.60 bits per heavy atom. The molecule has 4 rings (SSSR count). The average Bonchev–Trinajstić information content (AvgIpc) is 2.85. The van der Waals surface area contributed by atoms with Crippen molar-refractivity contribution in [2.45, 2.75) is 17.9 Å². The summed E-state index contributed by atoms with van der Waals surface area (Å²) >= 11 is 0. The number of amides is 1. The molecular formula is C25H25FN2O6S. The van der Waals surface area contributed by atoms with Crippen LogP contribution in [0.3, 0.4) is 0 Å². The third-order valence-corrected chi connectivity index (χ3v) is 6.58. The van der Waals surface area contributed by atoms with Crippen LogP contribution in [0.5, 0.6) is 11.5 Å². The molecule has 1 amide bonds. The molecule has 0 bridgehead atoms. The molecule has 35 heavy (non-hydrogen) atoms. The molecule has 3 aromatic carbocycles. The number of fused-ring (bicyclic) bond motifs is 1. The van der Waals surface area contributed by atoms with E-state index in [1.807, 2.05) is 0 Å². The average molecular weight is 501 g/mol. The minimum absolute atomic E-state index is 0.111. The third kappa shape index (κ3) is 6.93. The van der Waals surface area contributed by atoms with Crippen molar-refractivity contribution in [1.82, 2.24) is 5.32 Å². The number of ether oxygens (including phenoxy) is 3. The van der Waals surface area contributed by atoms with Gasteiger partial charge >= 0.3 is 0 Å².